The third-order valence-electron chi connectivity index (χ3n) is 3.06. The Morgan fingerprint density at radius 2 is 2.00 bits per heavy atom. The van der Waals surface area contributed by atoms with Gasteiger partial charge in [0.05, 0.1) is 26.4 Å². The van der Waals surface area contributed by atoms with Gasteiger partial charge in [0.15, 0.2) is 11.5 Å². The van der Waals surface area contributed by atoms with Crippen molar-refractivity contribution in [1.29, 1.82) is 0 Å². The van der Waals surface area contributed by atoms with Crippen LogP contribution in [0.3, 0.4) is 0 Å². The highest BCUT2D eigenvalue weighted by molar-refractivity contribution is 8.02. The maximum absolute atomic E-state index is 12.1. The first-order valence-corrected chi connectivity index (χ1v) is 7.68. The van der Waals surface area contributed by atoms with Crippen LogP contribution in [0.25, 0.3) is 5.57 Å². The van der Waals surface area contributed by atoms with Crippen molar-refractivity contribution in [3.63, 3.8) is 0 Å². The second-order valence-corrected chi connectivity index (χ2v) is 5.18. The van der Waals surface area contributed by atoms with E-state index in [2.05, 4.69) is 0 Å². The summed E-state index contributed by atoms with van der Waals surface area (Å²) in [4.78, 5) is 12.1. The van der Waals surface area contributed by atoms with Gasteiger partial charge in [-0.3, -0.25) is 0 Å². The molecule has 1 aromatic rings. The predicted octanol–water partition coefficient (Wildman–Crippen LogP) is 3.28. The van der Waals surface area contributed by atoms with E-state index in [-0.39, 0.29) is 5.97 Å². The summed E-state index contributed by atoms with van der Waals surface area (Å²) in [5.74, 6) is 1.82. The van der Waals surface area contributed by atoms with E-state index in [9.17, 15) is 4.79 Å². The number of carbonyl (C=O) groups is 1. The average Bonchev–Trinajstić information content (AvgIpc) is 2.54. The van der Waals surface area contributed by atoms with Gasteiger partial charge >= 0.3 is 5.97 Å². The van der Waals surface area contributed by atoms with Crippen LogP contribution in [0.5, 0.6) is 11.5 Å². The maximum atomic E-state index is 12.1. The number of hydrogen-bond acceptors (Lipinski definition) is 5. The SMILES string of the molecule is CCOC(=O)C1=CSCC=C1c1ccc(OC)c(OC)c1. The van der Waals surface area contributed by atoms with E-state index in [1.54, 1.807) is 32.9 Å². The van der Waals surface area contributed by atoms with Crippen LogP contribution in [-0.2, 0) is 9.53 Å². The van der Waals surface area contributed by atoms with Crippen LogP contribution < -0.4 is 9.47 Å². The molecule has 0 bridgehead atoms. The molecule has 0 radical (unpaired) electrons. The lowest BCUT2D eigenvalue weighted by Crippen LogP contribution is -2.11. The van der Waals surface area contributed by atoms with Crippen molar-refractivity contribution in [2.75, 3.05) is 26.6 Å². The van der Waals surface area contributed by atoms with Gasteiger partial charge in [-0.25, -0.2) is 4.79 Å². The molecule has 0 spiro atoms. The second kappa shape index (κ2) is 7.22. The number of ether oxygens (including phenoxy) is 3. The minimum absolute atomic E-state index is 0.300. The predicted molar refractivity (Wildman–Crippen MR) is 84.7 cm³/mol. The Morgan fingerprint density at radius 3 is 2.67 bits per heavy atom. The Hall–Kier alpha value is -1.88. The molecule has 0 fully saturated rings. The molecule has 1 aliphatic heterocycles. The van der Waals surface area contributed by atoms with Gasteiger partial charge in [-0.2, -0.15) is 0 Å². The minimum Gasteiger partial charge on any atom is -0.493 e. The zero-order valence-electron chi connectivity index (χ0n) is 12.3. The zero-order chi connectivity index (χ0) is 15.2. The fourth-order valence-electron chi connectivity index (χ4n) is 2.08. The molecule has 0 atom stereocenters. The van der Waals surface area contributed by atoms with Crippen molar-refractivity contribution in [3.05, 3.63) is 40.8 Å². The molecule has 1 heterocycles. The number of esters is 1. The Balaban J connectivity index is 2.37. The quantitative estimate of drug-likeness (QED) is 0.781. The van der Waals surface area contributed by atoms with Gasteiger partial charge in [-0.1, -0.05) is 12.1 Å². The van der Waals surface area contributed by atoms with E-state index in [1.165, 1.54) is 0 Å². The highest BCUT2D eigenvalue weighted by Crippen LogP contribution is 2.35. The lowest BCUT2D eigenvalue weighted by Gasteiger charge is -2.16. The molecule has 1 aliphatic rings. The van der Waals surface area contributed by atoms with E-state index >= 15 is 0 Å². The lowest BCUT2D eigenvalue weighted by atomic mass is 9.98. The first kappa shape index (κ1) is 15.5. The number of benzene rings is 1. The molecule has 21 heavy (non-hydrogen) atoms. The molecular formula is C16H18O4S. The van der Waals surface area contributed by atoms with Crippen LogP contribution in [-0.4, -0.2) is 32.5 Å². The summed E-state index contributed by atoms with van der Waals surface area (Å²) in [6.07, 6.45) is 2.03. The summed E-state index contributed by atoms with van der Waals surface area (Å²) >= 11 is 1.58. The standard InChI is InChI=1S/C16H18O4S/c1-4-20-16(17)13-10-21-8-7-12(13)11-5-6-14(18-2)15(9-11)19-3/h5-7,9-10H,4,8H2,1-3H3. The smallest absolute Gasteiger partial charge is 0.339 e. The summed E-state index contributed by atoms with van der Waals surface area (Å²) in [5, 5.41) is 1.85. The summed E-state index contributed by atoms with van der Waals surface area (Å²) in [7, 11) is 3.19. The van der Waals surface area contributed by atoms with Gasteiger partial charge in [0.25, 0.3) is 0 Å². The van der Waals surface area contributed by atoms with Crippen LogP contribution >= 0.6 is 11.8 Å². The molecule has 1 aromatic carbocycles. The Labute approximate surface area is 128 Å². The molecule has 0 aliphatic carbocycles. The maximum Gasteiger partial charge on any atom is 0.339 e. The Morgan fingerprint density at radius 1 is 1.24 bits per heavy atom. The van der Waals surface area contributed by atoms with E-state index in [0.717, 1.165) is 16.9 Å². The van der Waals surface area contributed by atoms with Crippen molar-refractivity contribution in [2.24, 2.45) is 0 Å². The summed E-state index contributed by atoms with van der Waals surface area (Å²) < 4.78 is 15.7. The van der Waals surface area contributed by atoms with Gasteiger partial charge in [0.2, 0.25) is 0 Å². The molecule has 0 saturated heterocycles. The molecule has 0 amide bonds. The normalized spacial score (nSPS) is 14.0. The van der Waals surface area contributed by atoms with E-state index in [4.69, 9.17) is 14.2 Å². The molecular weight excluding hydrogens is 288 g/mol. The van der Waals surface area contributed by atoms with Crippen molar-refractivity contribution >= 4 is 23.3 Å². The Bertz CT molecular complexity index is 590. The number of methoxy groups -OCH3 is 2. The topological polar surface area (TPSA) is 44.8 Å². The van der Waals surface area contributed by atoms with Gasteiger partial charge in [-0.05, 0) is 35.6 Å². The first-order chi connectivity index (χ1) is 10.2. The highest BCUT2D eigenvalue weighted by atomic mass is 32.2. The van der Waals surface area contributed by atoms with E-state index < -0.39 is 0 Å². The zero-order valence-corrected chi connectivity index (χ0v) is 13.2. The number of rotatable bonds is 5. The van der Waals surface area contributed by atoms with Gasteiger partial charge < -0.3 is 14.2 Å². The number of carbonyl (C=O) groups excluding carboxylic acids is 1. The molecule has 0 N–H and O–H groups in total. The van der Waals surface area contributed by atoms with E-state index in [0.29, 0.717) is 23.7 Å². The number of hydrogen-bond donors (Lipinski definition) is 0. The van der Waals surface area contributed by atoms with Gasteiger partial charge in [0, 0.05) is 5.75 Å². The fraction of sp³-hybridized carbons (Fsp3) is 0.312. The highest BCUT2D eigenvalue weighted by Gasteiger charge is 2.20. The van der Waals surface area contributed by atoms with Gasteiger partial charge in [-0.15, -0.1) is 11.8 Å². The molecule has 0 aromatic heterocycles. The van der Waals surface area contributed by atoms with Crippen LogP contribution in [0.15, 0.2) is 35.3 Å². The summed E-state index contributed by atoms with van der Waals surface area (Å²) in [6, 6.07) is 5.61. The molecule has 5 heteroatoms. The first-order valence-electron chi connectivity index (χ1n) is 6.63. The van der Waals surface area contributed by atoms with Crippen LogP contribution in [0.4, 0.5) is 0 Å². The molecule has 0 unspecified atom stereocenters. The average molecular weight is 306 g/mol. The van der Waals surface area contributed by atoms with Gasteiger partial charge in [0.1, 0.15) is 0 Å². The van der Waals surface area contributed by atoms with Crippen molar-refractivity contribution in [3.8, 4) is 11.5 Å². The van der Waals surface area contributed by atoms with E-state index in [1.807, 2.05) is 29.7 Å². The molecule has 4 nitrogen and oxygen atoms in total. The molecule has 0 saturated carbocycles. The largest absolute Gasteiger partial charge is 0.493 e. The third-order valence-corrected chi connectivity index (χ3v) is 3.83. The van der Waals surface area contributed by atoms with Crippen molar-refractivity contribution in [2.45, 2.75) is 6.92 Å². The van der Waals surface area contributed by atoms with Crippen molar-refractivity contribution in [1.82, 2.24) is 0 Å². The van der Waals surface area contributed by atoms with Crippen LogP contribution in [0, 0.1) is 0 Å². The lowest BCUT2D eigenvalue weighted by molar-refractivity contribution is -0.137. The Kier molecular flexibility index (Phi) is 5.33. The van der Waals surface area contributed by atoms with Crippen LogP contribution in [0.1, 0.15) is 12.5 Å². The van der Waals surface area contributed by atoms with Crippen molar-refractivity contribution < 1.29 is 19.0 Å². The summed E-state index contributed by atoms with van der Waals surface area (Å²) in [5.41, 5.74) is 2.36. The minimum atomic E-state index is -0.300. The number of thioether (sulfide) groups is 1. The third kappa shape index (κ3) is 3.42. The monoisotopic (exact) mass is 306 g/mol. The molecule has 112 valence electrons. The second-order valence-electron chi connectivity index (χ2n) is 4.27. The summed E-state index contributed by atoms with van der Waals surface area (Å²) in [6.45, 7) is 2.16. The fourth-order valence-corrected chi connectivity index (χ4v) is 2.83. The van der Waals surface area contributed by atoms with Crippen LogP contribution in [0.2, 0.25) is 0 Å². The molecule has 2 rings (SSSR count).